The highest BCUT2D eigenvalue weighted by Gasteiger charge is 2.35. The summed E-state index contributed by atoms with van der Waals surface area (Å²) in [5.74, 6) is -0.396. The fourth-order valence-corrected chi connectivity index (χ4v) is 1.46. The van der Waals surface area contributed by atoms with Gasteiger partial charge in [-0.05, 0) is 26.0 Å². The molecule has 16 heavy (non-hydrogen) atoms. The smallest absolute Gasteiger partial charge is 0.328 e. The van der Waals surface area contributed by atoms with Crippen LogP contribution in [0.25, 0.3) is 0 Å². The normalized spacial score (nSPS) is 13.6. The van der Waals surface area contributed by atoms with Crippen LogP contribution < -0.4 is 0 Å². The number of hydrogen-bond donors (Lipinski definition) is 0. The molecular weight excluding hydrogens is 272 g/mol. The van der Waals surface area contributed by atoms with Crippen LogP contribution in [0.15, 0.2) is 18.3 Å². The number of halogens is 1. The quantitative estimate of drug-likeness (QED) is 0.629. The molecule has 1 aromatic heterocycles. The van der Waals surface area contributed by atoms with Crippen LogP contribution in [0.5, 0.6) is 0 Å². The summed E-state index contributed by atoms with van der Waals surface area (Å²) in [7, 11) is 0. The highest BCUT2D eigenvalue weighted by molar-refractivity contribution is 9.10. The van der Waals surface area contributed by atoms with Crippen molar-refractivity contribution in [2.24, 2.45) is 0 Å². The van der Waals surface area contributed by atoms with Crippen molar-refractivity contribution in [3.05, 3.63) is 29.6 Å². The maximum absolute atomic E-state index is 11.6. The topological polar surface area (TPSA) is 63.0 Å². The fraction of sp³-hybridized carbons (Fsp3) is 0.364. The number of rotatable bonds is 3. The second kappa shape index (κ2) is 5.08. The number of pyridine rings is 1. The number of esters is 1. The highest BCUT2D eigenvalue weighted by Crippen LogP contribution is 2.30. The largest absolute Gasteiger partial charge is 0.465 e. The minimum Gasteiger partial charge on any atom is -0.465 e. The van der Waals surface area contributed by atoms with Crippen molar-refractivity contribution in [3.8, 4) is 6.07 Å². The molecule has 0 amide bonds. The molecule has 4 nitrogen and oxygen atoms in total. The second-order valence-electron chi connectivity index (χ2n) is 3.27. The molecule has 84 valence electrons. The predicted octanol–water partition coefficient (Wildman–Crippen LogP) is 2.13. The van der Waals surface area contributed by atoms with Crippen LogP contribution in [0.4, 0.5) is 0 Å². The van der Waals surface area contributed by atoms with Gasteiger partial charge in [0.2, 0.25) is 0 Å². The lowest BCUT2D eigenvalue weighted by Gasteiger charge is -2.19. The van der Waals surface area contributed by atoms with E-state index in [1.165, 1.54) is 6.20 Å². The van der Waals surface area contributed by atoms with Crippen molar-refractivity contribution < 1.29 is 9.53 Å². The fourth-order valence-electron chi connectivity index (χ4n) is 1.11. The van der Waals surface area contributed by atoms with Crippen LogP contribution in [0.1, 0.15) is 25.1 Å². The van der Waals surface area contributed by atoms with Gasteiger partial charge in [-0.3, -0.25) is 9.78 Å². The Morgan fingerprint density at radius 1 is 1.69 bits per heavy atom. The van der Waals surface area contributed by atoms with Gasteiger partial charge in [0.25, 0.3) is 0 Å². The van der Waals surface area contributed by atoms with Gasteiger partial charge in [0.15, 0.2) is 4.32 Å². The number of nitriles is 1. The number of carbonyl (C=O) groups excluding carboxylic acids is 1. The SMILES string of the molecule is CCOC(=O)C(C)(Br)c1ccc(C#N)cn1. The van der Waals surface area contributed by atoms with Crippen molar-refractivity contribution in [1.29, 1.82) is 5.26 Å². The Labute approximate surface area is 102 Å². The minimum atomic E-state index is -0.975. The zero-order chi connectivity index (χ0) is 12.2. The molecule has 0 spiro atoms. The van der Waals surface area contributed by atoms with E-state index in [2.05, 4.69) is 20.9 Å². The number of carbonyl (C=O) groups is 1. The van der Waals surface area contributed by atoms with Crippen molar-refractivity contribution in [2.75, 3.05) is 6.61 Å². The Hall–Kier alpha value is -1.41. The third kappa shape index (κ3) is 2.58. The number of alkyl halides is 1. The molecule has 0 aliphatic carbocycles. The molecule has 1 atom stereocenters. The number of ether oxygens (including phenoxy) is 1. The van der Waals surface area contributed by atoms with Gasteiger partial charge in [0.1, 0.15) is 6.07 Å². The zero-order valence-electron chi connectivity index (χ0n) is 9.03. The first-order valence-electron chi connectivity index (χ1n) is 4.75. The van der Waals surface area contributed by atoms with E-state index in [4.69, 9.17) is 10.00 Å². The van der Waals surface area contributed by atoms with Gasteiger partial charge in [-0.25, -0.2) is 0 Å². The average Bonchev–Trinajstić information content (AvgIpc) is 2.29. The summed E-state index contributed by atoms with van der Waals surface area (Å²) in [4.78, 5) is 15.7. The summed E-state index contributed by atoms with van der Waals surface area (Å²) in [5.41, 5.74) is 0.973. The van der Waals surface area contributed by atoms with Crippen LogP contribution in [0, 0.1) is 11.3 Å². The summed E-state index contributed by atoms with van der Waals surface area (Å²) in [6.45, 7) is 3.73. The second-order valence-corrected chi connectivity index (χ2v) is 4.85. The number of aromatic nitrogens is 1. The molecular formula is C11H11BrN2O2. The third-order valence-electron chi connectivity index (χ3n) is 2.03. The molecule has 0 saturated heterocycles. The Balaban J connectivity index is 2.98. The first-order chi connectivity index (χ1) is 7.52. The molecule has 0 aromatic carbocycles. The van der Waals surface area contributed by atoms with Crippen LogP contribution >= 0.6 is 15.9 Å². The zero-order valence-corrected chi connectivity index (χ0v) is 10.6. The molecule has 0 radical (unpaired) electrons. The van der Waals surface area contributed by atoms with Crippen LogP contribution in [-0.4, -0.2) is 17.6 Å². The highest BCUT2D eigenvalue weighted by atomic mass is 79.9. The van der Waals surface area contributed by atoms with Crippen LogP contribution in [0.2, 0.25) is 0 Å². The third-order valence-corrected chi connectivity index (χ3v) is 2.76. The van der Waals surface area contributed by atoms with E-state index >= 15 is 0 Å². The molecule has 1 unspecified atom stereocenters. The Bertz CT molecular complexity index is 421. The van der Waals surface area contributed by atoms with E-state index in [1.54, 1.807) is 26.0 Å². The van der Waals surface area contributed by atoms with Crippen LogP contribution in [0.3, 0.4) is 0 Å². The summed E-state index contributed by atoms with van der Waals surface area (Å²) in [5, 5.41) is 8.63. The maximum Gasteiger partial charge on any atom is 0.328 e. The lowest BCUT2D eigenvalue weighted by Crippen LogP contribution is -2.29. The van der Waals surface area contributed by atoms with E-state index in [1.807, 2.05) is 6.07 Å². The lowest BCUT2D eigenvalue weighted by molar-refractivity contribution is -0.145. The summed E-state index contributed by atoms with van der Waals surface area (Å²) < 4.78 is 3.95. The lowest BCUT2D eigenvalue weighted by atomic mass is 10.1. The van der Waals surface area contributed by atoms with Crippen molar-refractivity contribution in [2.45, 2.75) is 18.2 Å². The predicted molar refractivity (Wildman–Crippen MR) is 61.9 cm³/mol. The molecule has 0 bridgehead atoms. The molecule has 0 saturated carbocycles. The maximum atomic E-state index is 11.6. The summed E-state index contributed by atoms with van der Waals surface area (Å²) >= 11 is 3.28. The first-order valence-corrected chi connectivity index (χ1v) is 5.54. The molecule has 1 rings (SSSR count). The Morgan fingerprint density at radius 2 is 2.38 bits per heavy atom. The van der Waals surface area contributed by atoms with E-state index in [9.17, 15) is 4.79 Å². The monoisotopic (exact) mass is 282 g/mol. The molecule has 0 aliphatic rings. The van der Waals surface area contributed by atoms with Crippen molar-refractivity contribution in [1.82, 2.24) is 4.98 Å². The number of hydrogen-bond acceptors (Lipinski definition) is 4. The molecule has 0 fully saturated rings. The standard InChI is InChI=1S/C11H11BrN2O2/c1-3-16-10(15)11(2,12)9-5-4-8(6-13)7-14-9/h4-5,7H,3H2,1-2H3. The van der Waals surface area contributed by atoms with Gasteiger partial charge < -0.3 is 4.74 Å². The van der Waals surface area contributed by atoms with E-state index < -0.39 is 10.3 Å². The van der Waals surface area contributed by atoms with Gasteiger partial charge in [-0.1, -0.05) is 15.9 Å². The molecule has 5 heteroatoms. The van der Waals surface area contributed by atoms with Gasteiger partial charge in [-0.15, -0.1) is 0 Å². The van der Waals surface area contributed by atoms with Gasteiger partial charge in [0.05, 0.1) is 17.9 Å². The van der Waals surface area contributed by atoms with Gasteiger partial charge in [0, 0.05) is 6.20 Å². The van der Waals surface area contributed by atoms with E-state index in [-0.39, 0.29) is 0 Å². The molecule has 0 N–H and O–H groups in total. The van der Waals surface area contributed by atoms with Crippen LogP contribution in [-0.2, 0) is 13.9 Å². The first kappa shape index (κ1) is 12.7. The molecule has 0 aliphatic heterocycles. The summed E-state index contributed by atoms with van der Waals surface area (Å²) in [6.07, 6.45) is 1.42. The van der Waals surface area contributed by atoms with E-state index in [0.29, 0.717) is 17.9 Å². The number of nitrogens with zero attached hydrogens (tertiary/aromatic N) is 2. The molecule has 1 aromatic rings. The summed E-state index contributed by atoms with van der Waals surface area (Å²) in [6, 6.07) is 5.21. The minimum absolute atomic E-state index is 0.316. The van der Waals surface area contributed by atoms with Crippen molar-refractivity contribution in [3.63, 3.8) is 0 Å². The Kier molecular flexibility index (Phi) is 4.02. The van der Waals surface area contributed by atoms with Crippen molar-refractivity contribution >= 4 is 21.9 Å². The molecule has 1 heterocycles. The van der Waals surface area contributed by atoms with Gasteiger partial charge in [-0.2, -0.15) is 5.26 Å². The Morgan fingerprint density at radius 3 is 2.81 bits per heavy atom. The average molecular weight is 283 g/mol. The van der Waals surface area contributed by atoms with E-state index in [0.717, 1.165) is 0 Å². The van der Waals surface area contributed by atoms with Gasteiger partial charge >= 0.3 is 5.97 Å².